The van der Waals surface area contributed by atoms with E-state index in [4.69, 9.17) is 4.42 Å². The molecule has 4 heteroatoms. The molecule has 0 aliphatic rings. The Hall–Kier alpha value is -2.75. The second kappa shape index (κ2) is 4.74. The van der Waals surface area contributed by atoms with Gasteiger partial charge in [0, 0.05) is 11.1 Å². The van der Waals surface area contributed by atoms with Gasteiger partial charge in [0.1, 0.15) is 11.1 Å². The van der Waals surface area contributed by atoms with Crippen LogP contribution in [0.25, 0.3) is 11.0 Å². The van der Waals surface area contributed by atoms with Crippen LogP contribution in [-0.2, 0) is 0 Å². The number of benzene rings is 2. The number of para-hydroxylation sites is 2. The van der Waals surface area contributed by atoms with Gasteiger partial charge in [-0.05, 0) is 24.6 Å². The zero-order chi connectivity index (χ0) is 14.1. The molecule has 1 heterocycles. The number of carbonyl (C=O) groups excluding carboxylic acids is 1. The van der Waals surface area contributed by atoms with E-state index in [-0.39, 0.29) is 17.4 Å². The van der Waals surface area contributed by atoms with Crippen molar-refractivity contribution in [2.75, 3.05) is 5.32 Å². The van der Waals surface area contributed by atoms with E-state index >= 15 is 0 Å². The molecule has 4 nitrogen and oxygen atoms in total. The molecule has 0 saturated heterocycles. The summed E-state index contributed by atoms with van der Waals surface area (Å²) in [5.74, 6) is -0.751. The molecule has 0 spiro atoms. The second-order valence-corrected chi connectivity index (χ2v) is 4.55. The second-order valence-electron chi connectivity index (χ2n) is 4.55. The molecule has 3 aromatic rings. The Morgan fingerprint density at radius 2 is 1.80 bits per heavy atom. The molecule has 20 heavy (non-hydrogen) atoms. The molecular weight excluding hydrogens is 254 g/mol. The molecule has 0 fully saturated rings. The van der Waals surface area contributed by atoms with Gasteiger partial charge in [0.15, 0.2) is 0 Å². The van der Waals surface area contributed by atoms with E-state index in [1.807, 2.05) is 31.2 Å². The summed E-state index contributed by atoms with van der Waals surface area (Å²) >= 11 is 0. The lowest BCUT2D eigenvalue weighted by atomic mass is 10.1. The van der Waals surface area contributed by atoms with Crippen molar-refractivity contribution in [2.45, 2.75) is 6.92 Å². The van der Waals surface area contributed by atoms with E-state index in [2.05, 4.69) is 5.32 Å². The van der Waals surface area contributed by atoms with Crippen molar-refractivity contribution in [1.82, 2.24) is 0 Å². The third-order valence-corrected chi connectivity index (χ3v) is 3.20. The summed E-state index contributed by atoms with van der Waals surface area (Å²) < 4.78 is 5.18. The maximum atomic E-state index is 12.3. The summed E-state index contributed by atoms with van der Waals surface area (Å²) in [6.07, 6.45) is 0. The van der Waals surface area contributed by atoms with Crippen molar-refractivity contribution in [1.29, 1.82) is 0 Å². The number of hydrogen-bond acceptors (Lipinski definition) is 3. The van der Waals surface area contributed by atoms with Crippen molar-refractivity contribution in [2.24, 2.45) is 0 Å². The van der Waals surface area contributed by atoms with Crippen LogP contribution in [0.1, 0.15) is 15.9 Å². The maximum Gasteiger partial charge on any atom is 0.296 e. The fourth-order valence-electron chi connectivity index (χ4n) is 2.15. The molecule has 0 saturated carbocycles. The molecule has 0 aliphatic carbocycles. The molecule has 2 N–H and O–H groups in total. The van der Waals surface area contributed by atoms with E-state index in [0.717, 1.165) is 5.56 Å². The first-order valence-corrected chi connectivity index (χ1v) is 6.24. The highest BCUT2D eigenvalue weighted by molar-refractivity contribution is 6.14. The van der Waals surface area contributed by atoms with Crippen LogP contribution < -0.4 is 5.32 Å². The first-order chi connectivity index (χ1) is 9.66. The molecule has 0 aliphatic heterocycles. The van der Waals surface area contributed by atoms with Gasteiger partial charge in [-0.3, -0.25) is 4.79 Å². The predicted molar refractivity (Wildman–Crippen MR) is 77.0 cm³/mol. The molecule has 0 atom stereocenters. The Kier molecular flexibility index (Phi) is 2.91. The number of furan rings is 1. The van der Waals surface area contributed by atoms with Crippen LogP contribution in [0.15, 0.2) is 52.9 Å². The van der Waals surface area contributed by atoms with Crippen molar-refractivity contribution in [3.05, 3.63) is 59.7 Å². The minimum absolute atomic E-state index is 0.156. The van der Waals surface area contributed by atoms with Gasteiger partial charge in [0.05, 0.1) is 0 Å². The smallest absolute Gasteiger partial charge is 0.296 e. The van der Waals surface area contributed by atoms with Gasteiger partial charge >= 0.3 is 0 Å². The number of carbonyl (C=O) groups is 1. The zero-order valence-electron chi connectivity index (χ0n) is 10.9. The number of aryl methyl sites for hydroxylation is 1. The van der Waals surface area contributed by atoms with Gasteiger partial charge in [-0.15, -0.1) is 0 Å². The standard InChI is InChI=1S/C16H13NO3/c1-10-6-2-4-8-12(10)17-15(18)14-11-7-3-5-9-13(11)20-16(14)19/h2-9,19H,1H3,(H,17,18). The Labute approximate surface area is 115 Å². The topological polar surface area (TPSA) is 62.5 Å². The van der Waals surface area contributed by atoms with Crippen molar-refractivity contribution in [3.8, 4) is 5.95 Å². The number of anilines is 1. The molecule has 100 valence electrons. The minimum atomic E-state index is -0.387. The Morgan fingerprint density at radius 1 is 1.10 bits per heavy atom. The number of aromatic hydroxyl groups is 1. The lowest BCUT2D eigenvalue weighted by Gasteiger charge is -2.07. The van der Waals surface area contributed by atoms with Crippen LogP contribution in [0.5, 0.6) is 5.95 Å². The molecule has 1 amide bonds. The summed E-state index contributed by atoms with van der Waals surface area (Å²) in [6.45, 7) is 1.91. The van der Waals surface area contributed by atoms with E-state index in [1.165, 1.54) is 0 Å². The molecular formula is C16H13NO3. The van der Waals surface area contributed by atoms with Gasteiger partial charge in [0.2, 0.25) is 0 Å². The molecule has 3 rings (SSSR count). The highest BCUT2D eigenvalue weighted by atomic mass is 16.5. The zero-order valence-corrected chi connectivity index (χ0v) is 10.9. The normalized spacial score (nSPS) is 10.7. The summed E-state index contributed by atoms with van der Waals surface area (Å²) in [7, 11) is 0. The summed E-state index contributed by atoms with van der Waals surface area (Å²) in [5.41, 5.74) is 2.30. The lowest BCUT2D eigenvalue weighted by molar-refractivity contribution is 0.102. The number of fused-ring (bicyclic) bond motifs is 1. The average molecular weight is 267 g/mol. The van der Waals surface area contributed by atoms with Crippen molar-refractivity contribution in [3.63, 3.8) is 0 Å². The van der Waals surface area contributed by atoms with Crippen LogP contribution in [0.4, 0.5) is 5.69 Å². The molecule has 0 bridgehead atoms. The number of rotatable bonds is 2. The highest BCUT2D eigenvalue weighted by Crippen LogP contribution is 2.31. The fourth-order valence-corrected chi connectivity index (χ4v) is 2.15. The summed E-state index contributed by atoms with van der Waals surface area (Å²) in [6, 6.07) is 14.5. The molecule has 0 radical (unpaired) electrons. The van der Waals surface area contributed by atoms with E-state index < -0.39 is 0 Å². The van der Waals surface area contributed by atoms with Gasteiger partial charge in [0.25, 0.3) is 11.9 Å². The van der Waals surface area contributed by atoms with E-state index in [9.17, 15) is 9.90 Å². The molecule has 1 aromatic heterocycles. The first kappa shape index (κ1) is 12.3. The van der Waals surface area contributed by atoms with Crippen LogP contribution in [-0.4, -0.2) is 11.0 Å². The maximum absolute atomic E-state index is 12.3. The molecule has 2 aromatic carbocycles. The van der Waals surface area contributed by atoms with Crippen molar-refractivity contribution < 1.29 is 14.3 Å². The van der Waals surface area contributed by atoms with Crippen LogP contribution in [0.2, 0.25) is 0 Å². The number of hydrogen-bond donors (Lipinski definition) is 2. The fraction of sp³-hybridized carbons (Fsp3) is 0.0625. The lowest BCUT2D eigenvalue weighted by Crippen LogP contribution is -2.12. The average Bonchev–Trinajstić information content (AvgIpc) is 2.77. The highest BCUT2D eigenvalue weighted by Gasteiger charge is 2.20. The largest absolute Gasteiger partial charge is 0.480 e. The van der Waals surface area contributed by atoms with E-state index in [1.54, 1.807) is 24.3 Å². The minimum Gasteiger partial charge on any atom is -0.480 e. The summed E-state index contributed by atoms with van der Waals surface area (Å²) in [5, 5.41) is 13.2. The van der Waals surface area contributed by atoms with Crippen molar-refractivity contribution >= 4 is 22.6 Å². The van der Waals surface area contributed by atoms with Crippen LogP contribution >= 0.6 is 0 Å². The third-order valence-electron chi connectivity index (χ3n) is 3.20. The predicted octanol–water partition coefficient (Wildman–Crippen LogP) is 3.70. The van der Waals surface area contributed by atoms with Crippen LogP contribution in [0, 0.1) is 6.92 Å². The number of nitrogens with one attached hydrogen (secondary N) is 1. The monoisotopic (exact) mass is 267 g/mol. The third kappa shape index (κ3) is 2.01. The number of amides is 1. The van der Waals surface area contributed by atoms with E-state index in [0.29, 0.717) is 16.7 Å². The Balaban J connectivity index is 2.01. The Morgan fingerprint density at radius 3 is 2.60 bits per heavy atom. The Bertz CT molecular complexity index is 789. The molecule has 0 unspecified atom stereocenters. The van der Waals surface area contributed by atoms with Gasteiger partial charge < -0.3 is 14.8 Å². The first-order valence-electron chi connectivity index (χ1n) is 6.24. The SMILES string of the molecule is Cc1ccccc1NC(=O)c1c(O)oc2ccccc12. The van der Waals surface area contributed by atoms with Crippen LogP contribution in [0.3, 0.4) is 0 Å². The van der Waals surface area contributed by atoms with Gasteiger partial charge in [-0.25, -0.2) is 0 Å². The van der Waals surface area contributed by atoms with Gasteiger partial charge in [-0.2, -0.15) is 0 Å². The van der Waals surface area contributed by atoms with Gasteiger partial charge in [-0.1, -0.05) is 36.4 Å². The quantitative estimate of drug-likeness (QED) is 0.744. The summed E-state index contributed by atoms with van der Waals surface area (Å²) in [4.78, 5) is 12.3.